The molecular weight excluding hydrogens is 444 g/mol. The Labute approximate surface area is 207 Å². The lowest BCUT2D eigenvalue weighted by Gasteiger charge is -2.46. The molecule has 4 rings (SSSR count). The molecule has 2 heterocycles. The summed E-state index contributed by atoms with van der Waals surface area (Å²) in [6, 6.07) is 13.6. The van der Waals surface area contributed by atoms with Crippen LogP contribution in [-0.4, -0.2) is 56.8 Å². The highest BCUT2D eigenvalue weighted by atomic mass is 32.2. The molecule has 2 aromatic carbocycles. The zero-order valence-corrected chi connectivity index (χ0v) is 21.8. The molecule has 0 bridgehead atoms. The van der Waals surface area contributed by atoms with E-state index in [1.165, 1.54) is 11.1 Å². The van der Waals surface area contributed by atoms with Gasteiger partial charge in [-0.2, -0.15) is 0 Å². The van der Waals surface area contributed by atoms with Crippen molar-refractivity contribution in [3.05, 3.63) is 59.2 Å². The van der Waals surface area contributed by atoms with Crippen molar-refractivity contribution in [2.75, 3.05) is 26.2 Å². The third-order valence-electron chi connectivity index (χ3n) is 8.25. The normalized spacial score (nSPS) is 28.6. The van der Waals surface area contributed by atoms with Crippen LogP contribution in [0.4, 0.5) is 0 Å². The maximum absolute atomic E-state index is 12.9. The van der Waals surface area contributed by atoms with Gasteiger partial charge in [0.25, 0.3) is 0 Å². The van der Waals surface area contributed by atoms with E-state index in [1.54, 1.807) is 18.2 Å². The second kappa shape index (κ2) is 10.4. The Morgan fingerprint density at radius 3 is 2.62 bits per heavy atom. The standard InChI is InChI=1S/C28H40N2O3S/c1-19(2)27(29-15-26-13-21-8-9-25(32)12-22(21)18-34(26)33)17-30-11-10-28(4,20(3)16-30)23-6-5-7-24(31)14-23/h5-9,12,14,19-20,26-27,29,31-32H,10-11,13,15-18H2,1-4H3/t20-,26+,27+,28+,34?/m0/s1. The smallest absolute Gasteiger partial charge is 0.115 e. The summed E-state index contributed by atoms with van der Waals surface area (Å²) in [6.45, 7) is 13.0. The molecule has 2 aromatic rings. The van der Waals surface area contributed by atoms with Crippen molar-refractivity contribution in [1.82, 2.24) is 10.2 Å². The van der Waals surface area contributed by atoms with Gasteiger partial charge in [0.2, 0.25) is 0 Å². The Bertz CT molecular complexity index is 1030. The molecule has 1 unspecified atom stereocenters. The zero-order valence-electron chi connectivity index (χ0n) is 21.0. The monoisotopic (exact) mass is 484 g/mol. The van der Waals surface area contributed by atoms with Crippen LogP contribution in [0.3, 0.4) is 0 Å². The predicted octanol–water partition coefficient (Wildman–Crippen LogP) is 4.19. The first-order chi connectivity index (χ1) is 16.2. The van der Waals surface area contributed by atoms with Crippen LogP contribution < -0.4 is 5.32 Å². The van der Waals surface area contributed by atoms with Crippen LogP contribution >= 0.6 is 0 Å². The Morgan fingerprint density at radius 1 is 1.15 bits per heavy atom. The quantitative estimate of drug-likeness (QED) is 0.550. The van der Waals surface area contributed by atoms with Gasteiger partial charge in [0.15, 0.2) is 0 Å². The molecule has 0 radical (unpaired) electrons. The number of phenolic OH excluding ortho intramolecular Hbond substituents is 2. The van der Waals surface area contributed by atoms with Gasteiger partial charge in [0, 0.05) is 42.2 Å². The van der Waals surface area contributed by atoms with Crippen molar-refractivity contribution in [1.29, 1.82) is 0 Å². The Morgan fingerprint density at radius 2 is 1.91 bits per heavy atom. The van der Waals surface area contributed by atoms with Crippen molar-refractivity contribution in [3.63, 3.8) is 0 Å². The minimum absolute atomic E-state index is 0.0663. The topological polar surface area (TPSA) is 72.8 Å². The van der Waals surface area contributed by atoms with E-state index >= 15 is 0 Å². The van der Waals surface area contributed by atoms with Gasteiger partial charge in [-0.25, -0.2) is 0 Å². The lowest BCUT2D eigenvalue weighted by Crippen LogP contribution is -2.53. The molecule has 0 saturated carbocycles. The average Bonchev–Trinajstić information content (AvgIpc) is 2.79. The minimum atomic E-state index is -0.931. The molecule has 186 valence electrons. The van der Waals surface area contributed by atoms with E-state index < -0.39 is 10.8 Å². The lowest BCUT2D eigenvalue weighted by molar-refractivity contribution is 0.0958. The predicted molar refractivity (Wildman–Crippen MR) is 140 cm³/mol. The molecule has 34 heavy (non-hydrogen) atoms. The number of nitrogens with zero attached hydrogens (tertiary/aromatic N) is 1. The van der Waals surface area contributed by atoms with Gasteiger partial charge in [-0.15, -0.1) is 0 Å². The minimum Gasteiger partial charge on any atom is -0.508 e. The average molecular weight is 485 g/mol. The molecule has 6 heteroatoms. The zero-order chi connectivity index (χ0) is 24.5. The number of fused-ring (bicyclic) bond motifs is 1. The van der Waals surface area contributed by atoms with E-state index in [1.807, 2.05) is 18.2 Å². The summed E-state index contributed by atoms with van der Waals surface area (Å²) in [6.07, 6.45) is 1.86. The third-order valence-corrected chi connectivity index (χ3v) is 9.92. The lowest BCUT2D eigenvalue weighted by atomic mass is 9.68. The van der Waals surface area contributed by atoms with Gasteiger partial charge in [0.1, 0.15) is 11.5 Å². The summed E-state index contributed by atoms with van der Waals surface area (Å²) < 4.78 is 12.9. The van der Waals surface area contributed by atoms with E-state index in [4.69, 9.17) is 0 Å². The first kappa shape index (κ1) is 25.2. The molecule has 0 aliphatic carbocycles. The Balaban J connectivity index is 1.35. The van der Waals surface area contributed by atoms with Crippen LogP contribution in [0.25, 0.3) is 0 Å². The molecule has 5 atom stereocenters. The molecule has 0 amide bonds. The number of benzene rings is 2. The fraction of sp³-hybridized carbons (Fsp3) is 0.571. The number of aromatic hydroxyl groups is 2. The van der Waals surface area contributed by atoms with Crippen LogP contribution in [-0.2, 0) is 28.4 Å². The van der Waals surface area contributed by atoms with Crippen LogP contribution in [0.1, 0.15) is 50.8 Å². The van der Waals surface area contributed by atoms with Crippen molar-refractivity contribution in [2.24, 2.45) is 11.8 Å². The summed E-state index contributed by atoms with van der Waals surface area (Å²) in [5.74, 6) is 2.09. The molecule has 1 fully saturated rings. The largest absolute Gasteiger partial charge is 0.508 e. The Hall–Kier alpha value is -1.89. The highest BCUT2D eigenvalue weighted by Crippen LogP contribution is 2.40. The first-order valence-corrected chi connectivity index (χ1v) is 14.0. The second-order valence-electron chi connectivity index (χ2n) is 10.9. The third kappa shape index (κ3) is 5.50. The van der Waals surface area contributed by atoms with Gasteiger partial charge >= 0.3 is 0 Å². The maximum Gasteiger partial charge on any atom is 0.115 e. The van der Waals surface area contributed by atoms with E-state index in [0.29, 0.717) is 29.4 Å². The van der Waals surface area contributed by atoms with Crippen LogP contribution in [0.2, 0.25) is 0 Å². The van der Waals surface area contributed by atoms with Crippen molar-refractivity contribution in [2.45, 2.75) is 63.0 Å². The van der Waals surface area contributed by atoms with E-state index in [2.05, 4.69) is 44.0 Å². The van der Waals surface area contributed by atoms with Crippen molar-refractivity contribution >= 4 is 10.8 Å². The molecule has 2 aliphatic rings. The summed E-state index contributed by atoms with van der Waals surface area (Å²) >= 11 is 0. The van der Waals surface area contributed by atoms with E-state index in [0.717, 1.165) is 44.6 Å². The molecule has 3 N–H and O–H groups in total. The molecule has 0 spiro atoms. The number of phenols is 2. The summed E-state index contributed by atoms with van der Waals surface area (Å²) in [4.78, 5) is 2.57. The number of nitrogens with one attached hydrogen (secondary N) is 1. The highest BCUT2D eigenvalue weighted by Gasteiger charge is 2.38. The highest BCUT2D eigenvalue weighted by molar-refractivity contribution is 7.85. The van der Waals surface area contributed by atoms with Gasteiger partial charge in [0.05, 0.1) is 5.25 Å². The fourth-order valence-corrected chi connectivity index (χ4v) is 7.02. The van der Waals surface area contributed by atoms with Crippen LogP contribution in [0, 0.1) is 11.8 Å². The van der Waals surface area contributed by atoms with Gasteiger partial charge < -0.3 is 20.4 Å². The van der Waals surface area contributed by atoms with Crippen LogP contribution in [0.5, 0.6) is 11.5 Å². The van der Waals surface area contributed by atoms with Crippen molar-refractivity contribution in [3.8, 4) is 11.5 Å². The SMILES string of the molecule is CC(C)[C@@H](CN1CC[C@@](C)(c2cccc(O)c2)[C@@H](C)C1)NC[C@H]1Cc2ccc(O)cc2CS1=O. The number of piperidine rings is 1. The fourth-order valence-electron chi connectivity index (χ4n) is 5.57. The van der Waals surface area contributed by atoms with Gasteiger partial charge in [-0.1, -0.05) is 45.9 Å². The van der Waals surface area contributed by atoms with Crippen molar-refractivity contribution < 1.29 is 14.4 Å². The Kier molecular flexibility index (Phi) is 7.70. The van der Waals surface area contributed by atoms with Crippen LogP contribution in [0.15, 0.2) is 42.5 Å². The number of likely N-dealkylation sites (tertiary alicyclic amines) is 1. The number of hydrogen-bond acceptors (Lipinski definition) is 5. The second-order valence-corrected chi connectivity index (χ2v) is 12.7. The summed E-state index contributed by atoms with van der Waals surface area (Å²) in [5, 5.41) is 23.6. The van der Waals surface area contributed by atoms with Gasteiger partial charge in [-0.05, 0) is 77.6 Å². The summed E-state index contributed by atoms with van der Waals surface area (Å²) in [5.41, 5.74) is 3.52. The van der Waals surface area contributed by atoms with Gasteiger partial charge in [-0.3, -0.25) is 4.21 Å². The maximum atomic E-state index is 12.9. The summed E-state index contributed by atoms with van der Waals surface area (Å²) in [7, 11) is -0.931. The molecule has 0 aromatic heterocycles. The molecular formula is C28H40N2O3S. The molecule has 1 saturated heterocycles. The van der Waals surface area contributed by atoms with E-state index in [-0.39, 0.29) is 16.4 Å². The number of hydrogen-bond donors (Lipinski definition) is 3. The number of rotatable bonds is 7. The molecule has 2 aliphatic heterocycles. The molecule has 5 nitrogen and oxygen atoms in total. The first-order valence-electron chi connectivity index (χ1n) is 12.6. The van der Waals surface area contributed by atoms with E-state index in [9.17, 15) is 14.4 Å².